The zero-order valence-electron chi connectivity index (χ0n) is 15.5. The second kappa shape index (κ2) is 9.93. The number of benzene rings is 1. The molecule has 2 N–H and O–H groups in total. The van der Waals surface area contributed by atoms with E-state index in [1.165, 1.54) is 0 Å². The Balaban J connectivity index is 0.00000140. The van der Waals surface area contributed by atoms with E-state index in [0.717, 1.165) is 29.7 Å². The van der Waals surface area contributed by atoms with E-state index >= 15 is 0 Å². The monoisotopic (exact) mass is 426 g/mol. The van der Waals surface area contributed by atoms with Crippen molar-refractivity contribution in [2.45, 2.75) is 19.6 Å². The van der Waals surface area contributed by atoms with Gasteiger partial charge in [-0.05, 0) is 31.2 Å². The molecule has 0 spiro atoms. The summed E-state index contributed by atoms with van der Waals surface area (Å²) in [6.45, 7) is 5.57. The quantitative estimate of drug-likeness (QED) is 0.655. The smallest absolute Gasteiger partial charge is 0.259 e. The highest BCUT2D eigenvalue weighted by Crippen LogP contribution is 2.23. The van der Waals surface area contributed by atoms with Crippen LogP contribution >= 0.6 is 24.8 Å². The highest BCUT2D eigenvalue weighted by molar-refractivity contribution is 5.85. The standard InChI is InChI=1S/C19H22N4O3.2ClH/c1-2-25-14-3-4-17-13(9-14)10-16(19(24)22-17)18-21-5-7-23(18)12-15-11-20-6-8-26-15;;/h3-5,7,9-10,15,20H,2,6,8,11-12H2,1H3,(H,22,24);2*1H. The Bertz CT molecular complexity index is 967. The predicted molar refractivity (Wildman–Crippen MR) is 114 cm³/mol. The summed E-state index contributed by atoms with van der Waals surface area (Å²) < 4.78 is 13.3. The van der Waals surface area contributed by atoms with Gasteiger partial charge in [0.1, 0.15) is 11.6 Å². The van der Waals surface area contributed by atoms with Crippen LogP contribution in [0.1, 0.15) is 6.92 Å². The summed E-state index contributed by atoms with van der Waals surface area (Å²) in [7, 11) is 0. The molecule has 28 heavy (non-hydrogen) atoms. The lowest BCUT2D eigenvalue weighted by atomic mass is 10.1. The Morgan fingerprint density at radius 2 is 2.18 bits per heavy atom. The molecule has 1 aliphatic heterocycles. The average molecular weight is 427 g/mol. The molecular weight excluding hydrogens is 403 g/mol. The van der Waals surface area contributed by atoms with Crippen LogP contribution in [0.15, 0.2) is 41.5 Å². The van der Waals surface area contributed by atoms with Gasteiger partial charge in [-0.1, -0.05) is 0 Å². The summed E-state index contributed by atoms with van der Waals surface area (Å²) in [5.41, 5.74) is 1.16. The molecule has 1 atom stereocenters. The van der Waals surface area contributed by atoms with Crippen molar-refractivity contribution < 1.29 is 9.47 Å². The van der Waals surface area contributed by atoms with Crippen molar-refractivity contribution in [2.24, 2.45) is 0 Å². The van der Waals surface area contributed by atoms with Gasteiger partial charge in [-0.2, -0.15) is 0 Å². The summed E-state index contributed by atoms with van der Waals surface area (Å²) in [5.74, 6) is 1.42. The summed E-state index contributed by atoms with van der Waals surface area (Å²) in [4.78, 5) is 20.0. The topological polar surface area (TPSA) is 81.2 Å². The molecule has 1 unspecified atom stereocenters. The fraction of sp³-hybridized carbons (Fsp3) is 0.368. The van der Waals surface area contributed by atoms with E-state index in [2.05, 4.69) is 15.3 Å². The number of rotatable bonds is 5. The molecule has 3 heterocycles. The summed E-state index contributed by atoms with van der Waals surface area (Å²) >= 11 is 0. The first-order valence-electron chi connectivity index (χ1n) is 8.88. The Kier molecular flexibility index (Phi) is 7.88. The molecule has 0 amide bonds. The number of fused-ring (bicyclic) bond motifs is 1. The van der Waals surface area contributed by atoms with Gasteiger partial charge in [0.2, 0.25) is 0 Å². The minimum absolute atomic E-state index is 0. The fourth-order valence-electron chi connectivity index (χ4n) is 3.26. The van der Waals surface area contributed by atoms with Crippen LogP contribution in [0.25, 0.3) is 22.3 Å². The number of aromatic amines is 1. The number of hydrogen-bond acceptors (Lipinski definition) is 5. The van der Waals surface area contributed by atoms with E-state index in [4.69, 9.17) is 9.47 Å². The Morgan fingerprint density at radius 3 is 2.93 bits per heavy atom. The molecule has 3 aromatic rings. The van der Waals surface area contributed by atoms with Gasteiger partial charge in [-0.3, -0.25) is 4.79 Å². The number of hydrogen-bond donors (Lipinski definition) is 2. The maximum atomic E-state index is 12.6. The van der Waals surface area contributed by atoms with Gasteiger partial charge in [0, 0.05) is 36.4 Å². The SMILES string of the molecule is CCOc1ccc2[nH]c(=O)c(-c3nccn3CC3CNCCO3)cc2c1.Cl.Cl. The molecule has 1 saturated heterocycles. The number of imidazole rings is 1. The normalized spacial score (nSPS) is 16.2. The van der Waals surface area contributed by atoms with Crippen LogP contribution in [0, 0.1) is 0 Å². The van der Waals surface area contributed by atoms with Crippen LogP contribution in [0.2, 0.25) is 0 Å². The number of morpholine rings is 1. The zero-order chi connectivity index (χ0) is 17.9. The van der Waals surface area contributed by atoms with Crippen LogP contribution in [0.3, 0.4) is 0 Å². The number of nitrogens with one attached hydrogen (secondary N) is 2. The van der Waals surface area contributed by atoms with Crippen LogP contribution in [0.5, 0.6) is 5.75 Å². The van der Waals surface area contributed by atoms with E-state index < -0.39 is 0 Å². The highest BCUT2D eigenvalue weighted by Gasteiger charge is 2.18. The van der Waals surface area contributed by atoms with Crippen molar-refractivity contribution in [1.29, 1.82) is 0 Å². The minimum atomic E-state index is -0.156. The second-order valence-electron chi connectivity index (χ2n) is 6.29. The first-order chi connectivity index (χ1) is 12.7. The van der Waals surface area contributed by atoms with E-state index in [1.54, 1.807) is 6.20 Å². The molecule has 0 saturated carbocycles. The molecule has 1 aliphatic rings. The van der Waals surface area contributed by atoms with Crippen molar-refractivity contribution in [3.63, 3.8) is 0 Å². The van der Waals surface area contributed by atoms with Crippen molar-refractivity contribution in [3.8, 4) is 17.1 Å². The average Bonchev–Trinajstić information content (AvgIpc) is 3.10. The number of nitrogens with zero attached hydrogens (tertiary/aromatic N) is 2. The summed E-state index contributed by atoms with van der Waals surface area (Å²) in [6, 6.07) is 7.52. The maximum Gasteiger partial charge on any atom is 0.259 e. The highest BCUT2D eigenvalue weighted by atomic mass is 35.5. The fourth-order valence-corrected chi connectivity index (χ4v) is 3.26. The molecule has 0 aliphatic carbocycles. The van der Waals surface area contributed by atoms with Crippen LogP contribution in [-0.4, -0.2) is 46.9 Å². The maximum absolute atomic E-state index is 12.6. The third-order valence-electron chi connectivity index (χ3n) is 4.49. The summed E-state index contributed by atoms with van der Waals surface area (Å²) in [5, 5.41) is 4.23. The molecule has 9 heteroatoms. The molecule has 0 radical (unpaired) electrons. The molecule has 1 fully saturated rings. The predicted octanol–water partition coefficient (Wildman–Crippen LogP) is 2.62. The van der Waals surface area contributed by atoms with Gasteiger partial charge in [-0.25, -0.2) is 4.98 Å². The number of H-pyrrole nitrogens is 1. The third-order valence-corrected chi connectivity index (χ3v) is 4.49. The minimum Gasteiger partial charge on any atom is -0.494 e. The van der Waals surface area contributed by atoms with E-state index in [-0.39, 0.29) is 36.5 Å². The molecule has 1 aromatic carbocycles. The lowest BCUT2D eigenvalue weighted by molar-refractivity contribution is 0.0185. The Labute approximate surface area is 175 Å². The van der Waals surface area contributed by atoms with Crippen molar-refractivity contribution in [1.82, 2.24) is 19.9 Å². The first-order valence-corrected chi connectivity index (χ1v) is 8.88. The molecule has 2 aromatic heterocycles. The van der Waals surface area contributed by atoms with Gasteiger partial charge in [0.05, 0.1) is 31.4 Å². The second-order valence-corrected chi connectivity index (χ2v) is 6.29. The third kappa shape index (κ3) is 4.67. The van der Waals surface area contributed by atoms with Crippen LogP contribution in [-0.2, 0) is 11.3 Å². The molecule has 0 bridgehead atoms. The van der Waals surface area contributed by atoms with Gasteiger partial charge < -0.3 is 24.3 Å². The molecular formula is C19H24Cl2N4O3. The van der Waals surface area contributed by atoms with Gasteiger partial charge >= 0.3 is 0 Å². The lowest BCUT2D eigenvalue weighted by Crippen LogP contribution is -2.40. The molecule has 4 rings (SSSR count). The number of ether oxygens (including phenoxy) is 2. The number of aromatic nitrogens is 3. The summed E-state index contributed by atoms with van der Waals surface area (Å²) in [6.07, 6.45) is 3.67. The lowest BCUT2D eigenvalue weighted by Gasteiger charge is -2.24. The zero-order valence-corrected chi connectivity index (χ0v) is 17.1. The van der Waals surface area contributed by atoms with E-state index in [0.29, 0.717) is 31.1 Å². The number of halogens is 2. The van der Waals surface area contributed by atoms with Gasteiger partial charge in [0.25, 0.3) is 5.56 Å². The largest absolute Gasteiger partial charge is 0.494 e. The number of pyridine rings is 1. The van der Waals surface area contributed by atoms with Gasteiger partial charge in [0.15, 0.2) is 0 Å². The molecule has 7 nitrogen and oxygen atoms in total. The molecule has 152 valence electrons. The van der Waals surface area contributed by atoms with Crippen LogP contribution < -0.4 is 15.6 Å². The van der Waals surface area contributed by atoms with Crippen molar-refractivity contribution in [3.05, 3.63) is 47.0 Å². The van der Waals surface area contributed by atoms with Crippen molar-refractivity contribution >= 4 is 35.7 Å². The Morgan fingerprint density at radius 1 is 1.32 bits per heavy atom. The van der Waals surface area contributed by atoms with E-state index in [1.807, 2.05) is 42.0 Å². The van der Waals surface area contributed by atoms with E-state index in [9.17, 15) is 4.79 Å². The van der Waals surface area contributed by atoms with Crippen LogP contribution in [0.4, 0.5) is 0 Å². The first kappa shape index (κ1) is 22.2. The van der Waals surface area contributed by atoms with Crippen molar-refractivity contribution in [2.75, 3.05) is 26.3 Å². The Hall–Kier alpha value is -2.06. The van der Waals surface area contributed by atoms with Gasteiger partial charge in [-0.15, -0.1) is 24.8 Å².